The van der Waals surface area contributed by atoms with Crippen molar-refractivity contribution >= 4 is 53.9 Å². The highest BCUT2D eigenvalue weighted by Crippen LogP contribution is 2.42. The van der Waals surface area contributed by atoms with Crippen LogP contribution >= 0.6 is 0 Å². The number of aromatic amines is 2. The highest BCUT2D eigenvalue weighted by Gasteiger charge is 2.50. The molecule has 4 atom stereocenters. The van der Waals surface area contributed by atoms with Gasteiger partial charge in [0.2, 0.25) is 11.8 Å². The quantitative estimate of drug-likeness (QED) is 0.102. The number of ether oxygens (including phenoxy) is 2. The zero-order chi connectivity index (χ0) is 44.0. The maximum atomic E-state index is 14.8. The van der Waals surface area contributed by atoms with Crippen molar-refractivity contribution in [3.63, 3.8) is 0 Å². The minimum Gasteiger partial charge on any atom is -0.453 e. The number of carbonyl (C=O) groups is 4. The molecule has 4 amide bonds. The average molecular weight is 857 g/mol. The summed E-state index contributed by atoms with van der Waals surface area (Å²) in [6, 6.07) is 16.8. The molecule has 3 aromatic carbocycles. The van der Waals surface area contributed by atoms with Crippen LogP contribution in [0.15, 0.2) is 60.8 Å². The molecule has 324 valence electrons. The first-order valence-corrected chi connectivity index (χ1v) is 24.1. The molecule has 7 rings (SSSR count). The van der Waals surface area contributed by atoms with Crippen molar-refractivity contribution < 1.29 is 37.4 Å². The standard InChI is InChI=1S/C44H54F2N8O6Si/c1-24(2)35(51-42(57)59-5)40(55)53-17-18-61(7,8)22-34(53)39-48-31-16-14-29-19-28(13-15-30(29)37(31)50-39)26-9-11-27(12-10-26)32-21-47-38(49-32)33-20-44(45,46)23-54(33)41(56)36(25(3)4)52-43(58)60-6/h9-16,19,21,24-25,33-36H,17-18,20,22-23H2,1-8H3,(H,47,49)(H,48,50)(H,51,57)(H,52,58)/t33?,34-,35?,36?/m0/s1. The van der Waals surface area contributed by atoms with Crippen LogP contribution in [0.2, 0.25) is 25.2 Å². The lowest BCUT2D eigenvalue weighted by atomic mass is 9.99. The SMILES string of the molecule is COC(=O)NC(C(=O)N1CC(F)(F)CC1c1ncc(-c2ccc(-c3ccc4c(ccc5[nH]c([C@@H]6C[Si](C)(C)CCN6C(=O)C(NC(=O)OC)C(C)C)nc54)c3)cc2)[nH]1)C(C)C. The summed E-state index contributed by atoms with van der Waals surface area (Å²) in [5, 5.41) is 7.19. The third-order valence-corrected chi connectivity index (χ3v) is 15.1. The first-order chi connectivity index (χ1) is 28.9. The molecule has 0 aliphatic carbocycles. The summed E-state index contributed by atoms with van der Waals surface area (Å²) in [6.07, 6.45) is -0.486. The summed E-state index contributed by atoms with van der Waals surface area (Å²) in [5.41, 5.74) is 5.02. The van der Waals surface area contributed by atoms with Crippen molar-refractivity contribution in [2.24, 2.45) is 11.8 Å². The summed E-state index contributed by atoms with van der Waals surface area (Å²) in [5.74, 6) is -3.46. The van der Waals surface area contributed by atoms with Crippen LogP contribution in [0.25, 0.3) is 44.2 Å². The molecule has 0 spiro atoms. The number of imidazole rings is 2. The van der Waals surface area contributed by atoms with Gasteiger partial charge in [-0.2, -0.15) is 0 Å². The molecule has 2 aliphatic heterocycles. The second kappa shape index (κ2) is 16.9. The molecule has 2 aromatic heterocycles. The fraction of sp³-hybridized carbons (Fsp3) is 0.455. The van der Waals surface area contributed by atoms with Crippen molar-refractivity contribution in [1.82, 2.24) is 40.4 Å². The van der Waals surface area contributed by atoms with Crippen molar-refractivity contribution in [3.05, 3.63) is 72.4 Å². The zero-order valence-corrected chi connectivity index (χ0v) is 36.8. The van der Waals surface area contributed by atoms with E-state index in [4.69, 9.17) is 9.72 Å². The molecule has 5 aromatic rings. The minimum atomic E-state index is -3.13. The molecule has 17 heteroatoms. The number of carbonyl (C=O) groups excluding carboxylic acids is 4. The third-order valence-electron chi connectivity index (χ3n) is 12.0. The van der Waals surface area contributed by atoms with Crippen LogP contribution < -0.4 is 10.6 Å². The van der Waals surface area contributed by atoms with Crippen LogP contribution in [0.3, 0.4) is 0 Å². The van der Waals surface area contributed by atoms with E-state index in [2.05, 4.69) is 61.6 Å². The molecule has 2 aliphatic rings. The number of hydrogen-bond acceptors (Lipinski definition) is 8. The number of fused-ring (bicyclic) bond motifs is 3. The Morgan fingerprint density at radius 3 is 2.03 bits per heavy atom. The van der Waals surface area contributed by atoms with E-state index in [0.29, 0.717) is 12.2 Å². The topological polar surface area (TPSA) is 175 Å². The summed E-state index contributed by atoms with van der Waals surface area (Å²) >= 11 is 0. The molecular weight excluding hydrogens is 803 g/mol. The molecule has 61 heavy (non-hydrogen) atoms. The molecule has 2 saturated heterocycles. The largest absolute Gasteiger partial charge is 0.453 e. The number of amides is 4. The number of benzene rings is 3. The normalized spacial score (nSPS) is 19.6. The average Bonchev–Trinajstić information content (AvgIpc) is 3.98. The monoisotopic (exact) mass is 856 g/mol. The number of alkyl halides is 2. The first kappa shape index (κ1) is 43.3. The first-order valence-electron chi connectivity index (χ1n) is 20.6. The Morgan fingerprint density at radius 1 is 0.803 bits per heavy atom. The van der Waals surface area contributed by atoms with Gasteiger partial charge in [0.25, 0.3) is 5.92 Å². The van der Waals surface area contributed by atoms with E-state index < -0.39 is 63.2 Å². The van der Waals surface area contributed by atoms with Gasteiger partial charge >= 0.3 is 12.2 Å². The smallest absolute Gasteiger partial charge is 0.407 e. The van der Waals surface area contributed by atoms with E-state index in [1.807, 2.05) is 55.1 Å². The molecular formula is C44H54F2N8O6Si. The highest BCUT2D eigenvalue weighted by atomic mass is 28.3. The molecule has 0 saturated carbocycles. The Kier molecular flexibility index (Phi) is 12.0. The zero-order valence-electron chi connectivity index (χ0n) is 35.8. The van der Waals surface area contributed by atoms with Gasteiger partial charge in [-0.1, -0.05) is 83.3 Å². The van der Waals surface area contributed by atoms with Crippen LogP contribution in [-0.2, 0) is 19.1 Å². The number of halogens is 2. The van der Waals surface area contributed by atoms with E-state index in [9.17, 15) is 28.0 Å². The van der Waals surface area contributed by atoms with Gasteiger partial charge in [-0.3, -0.25) is 9.59 Å². The van der Waals surface area contributed by atoms with Crippen LogP contribution in [-0.4, -0.2) is 107 Å². The van der Waals surface area contributed by atoms with Crippen LogP contribution in [0.4, 0.5) is 18.4 Å². The van der Waals surface area contributed by atoms with Gasteiger partial charge in [0, 0.05) is 18.4 Å². The molecule has 3 unspecified atom stereocenters. The van der Waals surface area contributed by atoms with Crippen molar-refractivity contribution in [3.8, 4) is 22.4 Å². The predicted octanol–water partition coefficient (Wildman–Crippen LogP) is 8.03. The molecule has 4 N–H and O–H groups in total. The van der Waals surface area contributed by atoms with Gasteiger partial charge < -0.3 is 39.9 Å². The van der Waals surface area contributed by atoms with Gasteiger partial charge in [0.15, 0.2) is 0 Å². The van der Waals surface area contributed by atoms with Gasteiger partial charge in [0.05, 0.1) is 63.8 Å². The van der Waals surface area contributed by atoms with Gasteiger partial charge in [-0.25, -0.2) is 28.3 Å². The van der Waals surface area contributed by atoms with Gasteiger partial charge in [-0.15, -0.1) is 0 Å². The number of likely N-dealkylation sites (tertiary alicyclic amines) is 1. The number of H-pyrrole nitrogens is 2. The Morgan fingerprint density at radius 2 is 1.41 bits per heavy atom. The fourth-order valence-electron chi connectivity index (χ4n) is 8.53. The fourth-order valence-corrected chi connectivity index (χ4v) is 11.0. The Labute approximate surface area is 354 Å². The summed E-state index contributed by atoms with van der Waals surface area (Å²) in [4.78, 5) is 71.0. The van der Waals surface area contributed by atoms with E-state index >= 15 is 0 Å². The second-order valence-electron chi connectivity index (χ2n) is 17.7. The number of rotatable bonds is 10. The maximum absolute atomic E-state index is 14.8. The van der Waals surface area contributed by atoms with Crippen LogP contribution in [0, 0.1) is 11.8 Å². The summed E-state index contributed by atoms with van der Waals surface area (Å²) in [6.45, 7) is 11.7. The lowest BCUT2D eigenvalue weighted by molar-refractivity contribution is -0.137. The lowest BCUT2D eigenvalue weighted by Crippen LogP contribution is -2.55. The van der Waals surface area contributed by atoms with Gasteiger partial charge in [-0.05, 0) is 58.1 Å². The number of nitrogens with one attached hydrogen (secondary N) is 4. The Hall–Kier alpha value is -5.84. The van der Waals surface area contributed by atoms with Crippen molar-refractivity contribution in [2.45, 2.75) is 89.4 Å². The van der Waals surface area contributed by atoms with E-state index in [1.165, 1.54) is 14.2 Å². The minimum absolute atomic E-state index is 0.143. The molecule has 2 fully saturated rings. The van der Waals surface area contributed by atoms with Crippen molar-refractivity contribution in [1.29, 1.82) is 0 Å². The number of alkyl carbamates (subject to hydrolysis) is 2. The third kappa shape index (κ3) is 8.97. The molecule has 4 heterocycles. The van der Waals surface area contributed by atoms with E-state index in [0.717, 1.165) is 61.3 Å². The second-order valence-corrected chi connectivity index (χ2v) is 22.9. The van der Waals surface area contributed by atoms with Crippen molar-refractivity contribution in [2.75, 3.05) is 27.3 Å². The molecule has 0 bridgehead atoms. The number of aromatic nitrogens is 4. The Bertz CT molecular complexity index is 2450. The lowest BCUT2D eigenvalue weighted by Gasteiger charge is -2.43. The molecule has 0 radical (unpaired) electrons. The predicted molar refractivity (Wildman–Crippen MR) is 231 cm³/mol. The maximum Gasteiger partial charge on any atom is 0.407 e. The van der Waals surface area contributed by atoms with E-state index in [-0.39, 0.29) is 29.6 Å². The van der Waals surface area contributed by atoms with Crippen LogP contribution in [0.1, 0.15) is 57.8 Å². The summed E-state index contributed by atoms with van der Waals surface area (Å²) < 4.78 is 39.2. The summed E-state index contributed by atoms with van der Waals surface area (Å²) in [7, 11) is 0.807. The van der Waals surface area contributed by atoms with E-state index in [1.54, 1.807) is 20.0 Å². The molecule has 14 nitrogen and oxygen atoms in total. The Balaban J connectivity index is 1.11. The highest BCUT2D eigenvalue weighted by molar-refractivity contribution is 6.77. The number of methoxy groups -OCH3 is 2. The van der Waals surface area contributed by atoms with Crippen LogP contribution in [0.5, 0.6) is 0 Å². The number of nitrogens with zero attached hydrogens (tertiary/aromatic N) is 4. The number of hydrogen-bond donors (Lipinski definition) is 4. The van der Waals surface area contributed by atoms with Gasteiger partial charge in [0.1, 0.15) is 23.7 Å².